The topological polar surface area (TPSA) is 0 Å². The first-order valence-corrected chi connectivity index (χ1v) is 4.21. The monoisotopic (exact) mass is 126 g/mol. The van der Waals surface area contributed by atoms with Crippen molar-refractivity contribution in [2.24, 2.45) is 0 Å². The van der Waals surface area contributed by atoms with Gasteiger partial charge in [0.25, 0.3) is 0 Å². The van der Waals surface area contributed by atoms with Gasteiger partial charge in [-0.1, -0.05) is 12.2 Å². The quantitative estimate of drug-likeness (QED) is 0.354. The number of thioether (sulfide) groups is 1. The first-order valence-electron chi connectivity index (χ1n) is 3.27. The van der Waals surface area contributed by atoms with Crippen molar-refractivity contribution in [2.45, 2.75) is 29.8 Å². The maximum absolute atomic E-state index is 2.34. The van der Waals surface area contributed by atoms with Crippen molar-refractivity contribution in [3.63, 3.8) is 0 Å². The van der Waals surface area contributed by atoms with Gasteiger partial charge in [-0.25, -0.2) is 0 Å². The molecule has 0 saturated carbocycles. The van der Waals surface area contributed by atoms with Gasteiger partial charge in [-0.15, -0.1) is 0 Å². The van der Waals surface area contributed by atoms with Crippen molar-refractivity contribution in [1.29, 1.82) is 0 Å². The molecule has 2 rings (SSSR count). The van der Waals surface area contributed by atoms with Gasteiger partial charge in [-0.05, 0) is 19.3 Å². The van der Waals surface area contributed by atoms with Crippen LogP contribution >= 0.6 is 11.8 Å². The Balaban J connectivity index is 2.00. The lowest BCUT2D eigenvalue weighted by molar-refractivity contribution is 0.827. The molecule has 0 N–H and O–H groups in total. The van der Waals surface area contributed by atoms with Crippen LogP contribution in [0.5, 0.6) is 0 Å². The fourth-order valence-corrected chi connectivity index (χ4v) is 2.35. The Kier molecular flexibility index (Phi) is 1.11. The maximum atomic E-state index is 2.34. The molecular weight excluding hydrogens is 116 g/mol. The van der Waals surface area contributed by atoms with Crippen molar-refractivity contribution in [1.82, 2.24) is 0 Å². The SMILES string of the molecule is C1=CCC2SC2CC1. The summed E-state index contributed by atoms with van der Waals surface area (Å²) >= 11 is 2.16. The third kappa shape index (κ3) is 0.795. The van der Waals surface area contributed by atoms with E-state index in [2.05, 4.69) is 23.9 Å². The Morgan fingerprint density at radius 1 is 1.25 bits per heavy atom. The summed E-state index contributed by atoms with van der Waals surface area (Å²) in [7, 11) is 0. The second-order valence-corrected chi connectivity index (χ2v) is 3.98. The van der Waals surface area contributed by atoms with E-state index in [0.717, 1.165) is 10.5 Å². The average molecular weight is 126 g/mol. The zero-order valence-corrected chi connectivity index (χ0v) is 5.66. The zero-order valence-electron chi connectivity index (χ0n) is 4.84. The molecule has 1 aliphatic carbocycles. The molecule has 1 aliphatic heterocycles. The Labute approximate surface area is 54.4 Å². The predicted molar refractivity (Wildman–Crippen MR) is 38.2 cm³/mol. The minimum absolute atomic E-state index is 1.02. The van der Waals surface area contributed by atoms with Crippen LogP contribution in [-0.2, 0) is 0 Å². The Morgan fingerprint density at radius 2 is 2.25 bits per heavy atom. The highest BCUT2D eigenvalue weighted by molar-refractivity contribution is 8.07. The van der Waals surface area contributed by atoms with Gasteiger partial charge >= 0.3 is 0 Å². The van der Waals surface area contributed by atoms with Crippen LogP contribution in [0, 0.1) is 0 Å². The first kappa shape index (κ1) is 4.92. The molecular formula is C7H10S. The van der Waals surface area contributed by atoms with E-state index < -0.39 is 0 Å². The van der Waals surface area contributed by atoms with Gasteiger partial charge < -0.3 is 0 Å². The normalized spacial score (nSPS) is 43.0. The van der Waals surface area contributed by atoms with Crippen LogP contribution in [0.4, 0.5) is 0 Å². The average Bonchev–Trinajstić information content (AvgIpc) is 2.36. The lowest BCUT2D eigenvalue weighted by Crippen LogP contribution is -1.87. The van der Waals surface area contributed by atoms with E-state index in [4.69, 9.17) is 0 Å². The predicted octanol–water partition coefficient (Wildman–Crippen LogP) is 2.21. The van der Waals surface area contributed by atoms with Crippen LogP contribution in [-0.4, -0.2) is 10.5 Å². The van der Waals surface area contributed by atoms with E-state index in [1.165, 1.54) is 19.3 Å². The standard InChI is InChI=1S/C7H10S/c1-2-4-6-7(8-6)5-3-1/h1-2,6-7H,3-5H2. The summed E-state index contributed by atoms with van der Waals surface area (Å²) in [4.78, 5) is 0. The van der Waals surface area contributed by atoms with Crippen LogP contribution in [0.15, 0.2) is 12.2 Å². The lowest BCUT2D eigenvalue weighted by atomic mass is 10.2. The van der Waals surface area contributed by atoms with Crippen LogP contribution in [0.1, 0.15) is 19.3 Å². The number of hydrogen-bond donors (Lipinski definition) is 0. The van der Waals surface area contributed by atoms with Crippen LogP contribution < -0.4 is 0 Å². The van der Waals surface area contributed by atoms with Gasteiger partial charge in [0.1, 0.15) is 0 Å². The highest BCUT2D eigenvalue weighted by Crippen LogP contribution is 2.47. The van der Waals surface area contributed by atoms with Gasteiger partial charge in [0.2, 0.25) is 0 Å². The fourth-order valence-electron chi connectivity index (χ4n) is 1.25. The van der Waals surface area contributed by atoms with Crippen molar-refractivity contribution in [3.8, 4) is 0 Å². The second-order valence-electron chi connectivity index (χ2n) is 2.50. The van der Waals surface area contributed by atoms with Crippen molar-refractivity contribution >= 4 is 11.8 Å². The van der Waals surface area contributed by atoms with Gasteiger partial charge in [-0.3, -0.25) is 0 Å². The molecule has 0 spiro atoms. The van der Waals surface area contributed by atoms with E-state index in [1.54, 1.807) is 0 Å². The van der Waals surface area contributed by atoms with E-state index in [1.807, 2.05) is 0 Å². The third-order valence-electron chi connectivity index (χ3n) is 1.84. The smallest absolute Gasteiger partial charge is 0.0204 e. The summed E-state index contributed by atoms with van der Waals surface area (Å²) < 4.78 is 0. The number of rotatable bonds is 0. The van der Waals surface area contributed by atoms with Crippen LogP contribution in [0.3, 0.4) is 0 Å². The molecule has 1 heteroatoms. The minimum atomic E-state index is 1.02. The van der Waals surface area contributed by atoms with Gasteiger partial charge in [0, 0.05) is 10.5 Å². The zero-order chi connectivity index (χ0) is 5.40. The molecule has 0 amide bonds. The molecule has 0 bridgehead atoms. The molecule has 2 aliphatic rings. The molecule has 44 valence electrons. The van der Waals surface area contributed by atoms with Crippen LogP contribution in [0.2, 0.25) is 0 Å². The summed E-state index contributed by atoms with van der Waals surface area (Å²) in [5.74, 6) is 0. The molecule has 1 heterocycles. The summed E-state index contributed by atoms with van der Waals surface area (Å²) in [5, 5.41) is 2.07. The molecule has 2 unspecified atom stereocenters. The molecule has 0 aromatic heterocycles. The van der Waals surface area contributed by atoms with Crippen molar-refractivity contribution in [3.05, 3.63) is 12.2 Å². The molecule has 0 aromatic rings. The number of fused-ring (bicyclic) bond motifs is 1. The third-order valence-corrected chi connectivity index (χ3v) is 3.31. The van der Waals surface area contributed by atoms with E-state index in [0.29, 0.717) is 0 Å². The van der Waals surface area contributed by atoms with E-state index >= 15 is 0 Å². The largest absolute Gasteiger partial charge is 0.153 e. The number of hydrogen-bond acceptors (Lipinski definition) is 1. The van der Waals surface area contributed by atoms with Gasteiger partial charge in [0.05, 0.1) is 0 Å². The van der Waals surface area contributed by atoms with Crippen LogP contribution in [0.25, 0.3) is 0 Å². The molecule has 8 heavy (non-hydrogen) atoms. The lowest BCUT2D eigenvalue weighted by Gasteiger charge is -1.83. The summed E-state index contributed by atoms with van der Waals surface area (Å²) in [6.45, 7) is 0. The Hall–Kier alpha value is 0.0900. The molecule has 2 atom stereocenters. The summed E-state index contributed by atoms with van der Waals surface area (Å²) in [6, 6.07) is 0. The van der Waals surface area contributed by atoms with Gasteiger partial charge in [-0.2, -0.15) is 11.8 Å². The summed E-state index contributed by atoms with van der Waals surface area (Å²) in [5.41, 5.74) is 0. The second kappa shape index (κ2) is 1.80. The van der Waals surface area contributed by atoms with Crippen molar-refractivity contribution < 1.29 is 0 Å². The maximum Gasteiger partial charge on any atom is 0.0204 e. The molecule has 0 nitrogen and oxygen atoms in total. The highest BCUT2D eigenvalue weighted by atomic mass is 32.2. The molecule has 1 fully saturated rings. The first-order chi connectivity index (χ1) is 3.97. The van der Waals surface area contributed by atoms with Gasteiger partial charge in [0.15, 0.2) is 0 Å². The minimum Gasteiger partial charge on any atom is -0.153 e. The molecule has 0 radical (unpaired) electrons. The Morgan fingerprint density at radius 3 is 3.25 bits per heavy atom. The van der Waals surface area contributed by atoms with Crippen molar-refractivity contribution in [2.75, 3.05) is 0 Å². The Bertz CT molecular complexity index is 118. The molecule has 1 saturated heterocycles. The highest BCUT2D eigenvalue weighted by Gasteiger charge is 2.36. The summed E-state index contributed by atoms with van der Waals surface area (Å²) in [6.07, 6.45) is 8.77. The van der Waals surface area contributed by atoms with E-state index in [9.17, 15) is 0 Å². The fraction of sp³-hybridized carbons (Fsp3) is 0.714. The number of allylic oxidation sites excluding steroid dienone is 2. The molecule has 0 aromatic carbocycles. The van der Waals surface area contributed by atoms with E-state index in [-0.39, 0.29) is 0 Å².